The Hall–Kier alpha value is -2.15. The molecule has 8 unspecified atom stereocenters. The zero-order chi connectivity index (χ0) is 43.9. The van der Waals surface area contributed by atoms with Crippen LogP contribution in [-0.2, 0) is 14.3 Å². The van der Waals surface area contributed by atoms with E-state index in [1.807, 2.05) is 6.08 Å². The minimum atomic E-state index is -1.62. The van der Waals surface area contributed by atoms with Gasteiger partial charge in [-0.3, -0.25) is 4.79 Å². The molecule has 0 bridgehead atoms. The highest BCUT2D eigenvalue weighted by atomic mass is 16.7. The van der Waals surface area contributed by atoms with Gasteiger partial charge in [-0.25, -0.2) is 0 Å². The zero-order valence-electron chi connectivity index (χ0n) is 37.8. The number of aliphatic hydroxyl groups excluding tert-OH is 6. The molecular weight excluding hydrogens is 759 g/mol. The van der Waals surface area contributed by atoms with Crippen molar-refractivity contribution in [3.05, 3.63) is 60.8 Å². The molecule has 60 heavy (non-hydrogen) atoms. The lowest BCUT2D eigenvalue weighted by Gasteiger charge is -2.40. The number of nitrogens with one attached hydrogen (secondary N) is 1. The molecule has 1 rings (SSSR count). The van der Waals surface area contributed by atoms with Crippen molar-refractivity contribution >= 4 is 5.91 Å². The van der Waals surface area contributed by atoms with E-state index in [2.05, 4.69) is 67.8 Å². The molecule has 1 heterocycles. The molecule has 0 aliphatic carbocycles. The van der Waals surface area contributed by atoms with Crippen LogP contribution in [-0.4, -0.2) is 98.7 Å². The maximum Gasteiger partial charge on any atom is 0.249 e. The number of carbonyl (C=O) groups excluding carboxylic acids is 1. The Morgan fingerprint density at radius 3 is 1.60 bits per heavy atom. The van der Waals surface area contributed by atoms with E-state index in [1.165, 1.54) is 89.9 Å². The molecule has 0 aromatic carbocycles. The molecule has 0 radical (unpaired) electrons. The molecule has 10 heteroatoms. The van der Waals surface area contributed by atoms with Crippen LogP contribution in [0.3, 0.4) is 0 Å². The molecule has 1 aliphatic heterocycles. The SMILES string of the molecule is CCC/C=C/CC/C=C/CC/C=C/C(O)C(COC1OC(CO)C(O)C(O)C1O)NC(=O)C(O)CCCCCCCCCC/C=C\C/C=C\CCCCCCCCCCC. The molecule has 1 fully saturated rings. The lowest BCUT2D eigenvalue weighted by molar-refractivity contribution is -0.302. The average Bonchev–Trinajstić information content (AvgIpc) is 3.25. The van der Waals surface area contributed by atoms with E-state index in [1.54, 1.807) is 6.08 Å². The minimum Gasteiger partial charge on any atom is -0.394 e. The molecule has 0 spiro atoms. The van der Waals surface area contributed by atoms with E-state index < -0.39 is 61.5 Å². The van der Waals surface area contributed by atoms with E-state index in [0.717, 1.165) is 64.2 Å². The number of carbonyl (C=O) groups is 1. The maximum atomic E-state index is 13.0. The van der Waals surface area contributed by atoms with Crippen LogP contribution in [0.15, 0.2) is 60.8 Å². The summed E-state index contributed by atoms with van der Waals surface area (Å²) in [4.78, 5) is 13.0. The summed E-state index contributed by atoms with van der Waals surface area (Å²) in [5, 5.41) is 64.5. The number of hydrogen-bond donors (Lipinski definition) is 7. The van der Waals surface area contributed by atoms with Gasteiger partial charge in [-0.2, -0.15) is 0 Å². The van der Waals surface area contributed by atoms with Crippen LogP contribution < -0.4 is 5.32 Å². The number of allylic oxidation sites excluding steroid dienone is 9. The molecule has 1 amide bonds. The number of ether oxygens (including phenoxy) is 2. The molecular formula is C50H89NO9. The number of unbranched alkanes of at least 4 members (excludes halogenated alkanes) is 20. The normalized spacial score (nSPS) is 21.6. The van der Waals surface area contributed by atoms with Gasteiger partial charge in [0.05, 0.1) is 25.4 Å². The second kappa shape index (κ2) is 39.7. The van der Waals surface area contributed by atoms with Crippen molar-refractivity contribution < 1.29 is 44.9 Å². The highest BCUT2D eigenvalue weighted by molar-refractivity contribution is 5.80. The topological polar surface area (TPSA) is 169 Å². The van der Waals surface area contributed by atoms with Gasteiger partial charge < -0.3 is 45.4 Å². The molecule has 0 saturated carbocycles. The summed E-state index contributed by atoms with van der Waals surface area (Å²) in [6.07, 6.45) is 41.8. The molecule has 8 atom stereocenters. The third-order valence-electron chi connectivity index (χ3n) is 11.1. The van der Waals surface area contributed by atoms with Gasteiger partial charge in [-0.1, -0.05) is 177 Å². The Morgan fingerprint density at radius 1 is 0.583 bits per heavy atom. The van der Waals surface area contributed by atoms with Crippen molar-refractivity contribution in [3.8, 4) is 0 Å². The van der Waals surface area contributed by atoms with Crippen LogP contribution in [0.25, 0.3) is 0 Å². The number of aliphatic hydroxyl groups is 6. The lowest BCUT2D eigenvalue weighted by Crippen LogP contribution is -2.60. The smallest absolute Gasteiger partial charge is 0.249 e. The van der Waals surface area contributed by atoms with Gasteiger partial charge in [0.25, 0.3) is 0 Å². The monoisotopic (exact) mass is 848 g/mol. The highest BCUT2D eigenvalue weighted by Gasteiger charge is 2.44. The van der Waals surface area contributed by atoms with E-state index in [4.69, 9.17) is 9.47 Å². The van der Waals surface area contributed by atoms with Crippen LogP contribution in [0.4, 0.5) is 0 Å². The van der Waals surface area contributed by atoms with Crippen molar-refractivity contribution in [1.82, 2.24) is 5.32 Å². The Labute approximate surface area is 365 Å². The first-order valence-electron chi connectivity index (χ1n) is 24.1. The summed E-state index contributed by atoms with van der Waals surface area (Å²) < 4.78 is 11.1. The van der Waals surface area contributed by atoms with Gasteiger partial charge >= 0.3 is 0 Å². The van der Waals surface area contributed by atoms with Gasteiger partial charge in [-0.05, 0) is 70.6 Å². The second-order valence-corrected chi connectivity index (χ2v) is 16.7. The Bertz CT molecular complexity index is 1140. The van der Waals surface area contributed by atoms with Gasteiger partial charge in [0, 0.05) is 0 Å². The predicted molar refractivity (Wildman–Crippen MR) is 245 cm³/mol. The summed E-state index contributed by atoms with van der Waals surface area (Å²) in [5.41, 5.74) is 0. The zero-order valence-corrected chi connectivity index (χ0v) is 37.8. The summed E-state index contributed by atoms with van der Waals surface area (Å²) in [6, 6.07) is -1.01. The fraction of sp³-hybridized carbons (Fsp3) is 0.780. The molecule has 0 aromatic heterocycles. The van der Waals surface area contributed by atoms with Crippen LogP contribution in [0.5, 0.6) is 0 Å². The van der Waals surface area contributed by atoms with Crippen LogP contribution in [0.1, 0.15) is 187 Å². The summed E-state index contributed by atoms with van der Waals surface area (Å²) in [6.45, 7) is 3.49. The maximum absolute atomic E-state index is 13.0. The Morgan fingerprint density at radius 2 is 1.07 bits per heavy atom. The lowest BCUT2D eigenvalue weighted by atomic mass is 9.99. The van der Waals surface area contributed by atoms with Gasteiger partial charge in [0.1, 0.15) is 30.5 Å². The standard InChI is InChI=1S/C50H89NO9/c1-3-5-7-9-11-13-15-16-17-18-19-20-21-22-23-24-25-26-27-29-31-33-35-37-39-44(54)49(58)51-42(41-59-50-48(57)47(56)46(55)45(40-52)60-50)43(53)38-36-34-32-30-28-14-12-10-8-6-4-2/h8,10,19-20,22-23,28,30,36,38,42-48,50,52-57H,3-7,9,11-18,21,24-27,29,31-35,37,39-41H2,1-2H3,(H,51,58)/b10-8+,20-19-,23-22-,30-28+,38-36+. The van der Waals surface area contributed by atoms with E-state index in [9.17, 15) is 35.4 Å². The van der Waals surface area contributed by atoms with Gasteiger partial charge in [0.15, 0.2) is 6.29 Å². The van der Waals surface area contributed by atoms with Crippen LogP contribution in [0, 0.1) is 0 Å². The quantitative estimate of drug-likeness (QED) is 0.0236. The first-order chi connectivity index (χ1) is 29.3. The highest BCUT2D eigenvalue weighted by Crippen LogP contribution is 2.22. The van der Waals surface area contributed by atoms with Crippen molar-refractivity contribution in [1.29, 1.82) is 0 Å². The molecule has 0 aromatic rings. The third kappa shape index (κ3) is 29.2. The summed E-state index contributed by atoms with van der Waals surface area (Å²) in [5.74, 6) is -0.639. The number of rotatable bonds is 39. The molecule has 7 N–H and O–H groups in total. The summed E-state index contributed by atoms with van der Waals surface area (Å²) >= 11 is 0. The van der Waals surface area contributed by atoms with Gasteiger partial charge in [-0.15, -0.1) is 0 Å². The fourth-order valence-electron chi connectivity index (χ4n) is 7.17. The summed E-state index contributed by atoms with van der Waals surface area (Å²) in [7, 11) is 0. The number of amides is 1. The van der Waals surface area contributed by atoms with Crippen LogP contribution in [0.2, 0.25) is 0 Å². The number of hydrogen-bond acceptors (Lipinski definition) is 9. The first kappa shape index (κ1) is 55.9. The van der Waals surface area contributed by atoms with E-state index in [0.29, 0.717) is 19.3 Å². The second-order valence-electron chi connectivity index (χ2n) is 16.7. The first-order valence-corrected chi connectivity index (χ1v) is 24.1. The largest absolute Gasteiger partial charge is 0.394 e. The molecule has 348 valence electrons. The van der Waals surface area contributed by atoms with Crippen molar-refractivity contribution in [3.63, 3.8) is 0 Å². The van der Waals surface area contributed by atoms with Crippen molar-refractivity contribution in [2.45, 2.75) is 236 Å². The van der Waals surface area contributed by atoms with Gasteiger partial charge in [0.2, 0.25) is 5.91 Å². The Balaban J connectivity index is 2.33. The van der Waals surface area contributed by atoms with E-state index in [-0.39, 0.29) is 6.61 Å². The predicted octanol–water partition coefficient (Wildman–Crippen LogP) is 9.36. The average molecular weight is 848 g/mol. The van der Waals surface area contributed by atoms with Crippen molar-refractivity contribution in [2.75, 3.05) is 13.2 Å². The Kier molecular flexibility index (Phi) is 36.9. The molecule has 1 saturated heterocycles. The fourth-order valence-corrected chi connectivity index (χ4v) is 7.17. The minimum absolute atomic E-state index is 0.291. The third-order valence-corrected chi connectivity index (χ3v) is 11.1. The van der Waals surface area contributed by atoms with Crippen LogP contribution >= 0.6 is 0 Å². The molecule has 10 nitrogen and oxygen atoms in total. The van der Waals surface area contributed by atoms with Crippen molar-refractivity contribution in [2.24, 2.45) is 0 Å². The molecule has 1 aliphatic rings. The van der Waals surface area contributed by atoms with E-state index >= 15 is 0 Å².